The highest BCUT2D eigenvalue weighted by Gasteiger charge is 2.24. The quantitative estimate of drug-likeness (QED) is 0.359. The Balaban J connectivity index is 1.59. The molecule has 3 aromatic rings. The molecular weight excluding hydrogens is 394 g/mol. The van der Waals surface area contributed by atoms with E-state index < -0.39 is 0 Å². The van der Waals surface area contributed by atoms with Gasteiger partial charge in [0.05, 0.1) is 12.9 Å². The third kappa shape index (κ3) is 4.59. The molecule has 0 spiro atoms. The van der Waals surface area contributed by atoms with Gasteiger partial charge in [0.15, 0.2) is 16.8 Å². The Hall–Kier alpha value is -2.60. The molecule has 0 atom stereocenters. The van der Waals surface area contributed by atoms with E-state index in [-0.39, 0.29) is 5.78 Å². The van der Waals surface area contributed by atoms with Gasteiger partial charge in [-0.05, 0) is 44.0 Å². The Kier molecular flexibility index (Phi) is 6.53. The average molecular weight is 422 g/mol. The summed E-state index contributed by atoms with van der Waals surface area (Å²) in [5.74, 6) is 2.16. The van der Waals surface area contributed by atoms with Crippen molar-refractivity contribution in [3.05, 3.63) is 59.7 Å². The van der Waals surface area contributed by atoms with Crippen molar-refractivity contribution >= 4 is 17.5 Å². The SMILES string of the molecule is COc1ccc(-c2nnc(SCC(=O)c3ccc(C)cc3)n2C2CCCCC2)cc1. The molecule has 0 amide bonds. The molecule has 6 heteroatoms. The molecule has 2 aromatic carbocycles. The van der Waals surface area contributed by atoms with E-state index in [4.69, 9.17) is 4.74 Å². The van der Waals surface area contributed by atoms with Crippen molar-refractivity contribution in [3.63, 3.8) is 0 Å². The molecule has 0 N–H and O–H groups in total. The molecule has 0 saturated heterocycles. The molecule has 0 bridgehead atoms. The second-order valence-electron chi connectivity index (χ2n) is 7.77. The first-order chi connectivity index (χ1) is 14.7. The van der Waals surface area contributed by atoms with Crippen LogP contribution in [0.2, 0.25) is 0 Å². The highest BCUT2D eigenvalue weighted by atomic mass is 32.2. The molecule has 1 aliphatic carbocycles. The third-order valence-corrected chi connectivity index (χ3v) is 6.60. The minimum atomic E-state index is 0.115. The molecule has 1 aliphatic rings. The van der Waals surface area contributed by atoms with Crippen LogP contribution in [-0.4, -0.2) is 33.4 Å². The number of methoxy groups -OCH3 is 1. The lowest BCUT2D eigenvalue weighted by atomic mass is 9.95. The van der Waals surface area contributed by atoms with Crippen molar-refractivity contribution in [2.45, 2.75) is 50.2 Å². The summed E-state index contributed by atoms with van der Waals surface area (Å²) in [5.41, 5.74) is 2.91. The van der Waals surface area contributed by atoms with E-state index in [9.17, 15) is 4.79 Å². The van der Waals surface area contributed by atoms with Crippen LogP contribution in [0.5, 0.6) is 5.75 Å². The van der Waals surface area contributed by atoms with E-state index in [0.29, 0.717) is 11.8 Å². The van der Waals surface area contributed by atoms with Crippen molar-refractivity contribution in [2.75, 3.05) is 12.9 Å². The number of hydrogen-bond acceptors (Lipinski definition) is 5. The van der Waals surface area contributed by atoms with Crippen molar-refractivity contribution in [2.24, 2.45) is 0 Å². The van der Waals surface area contributed by atoms with E-state index >= 15 is 0 Å². The predicted octanol–water partition coefficient (Wildman–Crippen LogP) is 5.74. The number of benzene rings is 2. The number of carbonyl (C=O) groups excluding carboxylic acids is 1. The Bertz CT molecular complexity index is 990. The molecule has 0 unspecified atom stereocenters. The summed E-state index contributed by atoms with van der Waals surface area (Å²) in [7, 11) is 1.67. The van der Waals surface area contributed by atoms with Gasteiger partial charge < -0.3 is 4.74 Å². The van der Waals surface area contributed by atoms with Crippen LogP contribution in [0.1, 0.15) is 54.1 Å². The van der Waals surface area contributed by atoms with Crippen molar-refractivity contribution in [3.8, 4) is 17.1 Å². The Morgan fingerprint density at radius 1 is 1.03 bits per heavy atom. The van der Waals surface area contributed by atoms with Gasteiger partial charge in [-0.2, -0.15) is 0 Å². The highest BCUT2D eigenvalue weighted by Crippen LogP contribution is 2.36. The number of nitrogens with zero attached hydrogens (tertiary/aromatic N) is 3. The summed E-state index contributed by atoms with van der Waals surface area (Å²) in [6.07, 6.45) is 5.97. The summed E-state index contributed by atoms with van der Waals surface area (Å²) in [6, 6.07) is 16.1. The number of thioether (sulfide) groups is 1. The van der Waals surface area contributed by atoms with Gasteiger partial charge in [0.25, 0.3) is 0 Å². The maximum absolute atomic E-state index is 12.7. The molecule has 1 fully saturated rings. The van der Waals surface area contributed by atoms with Gasteiger partial charge >= 0.3 is 0 Å². The van der Waals surface area contributed by atoms with Crippen LogP contribution in [0.25, 0.3) is 11.4 Å². The van der Waals surface area contributed by atoms with Crippen LogP contribution in [-0.2, 0) is 0 Å². The Morgan fingerprint density at radius 2 is 1.73 bits per heavy atom. The van der Waals surface area contributed by atoms with Gasteiger partial charge in [-0.1, -0.05) is 60.9 Å². The monoisotopic (exact) mass is 421 g/mol. The zero-order valence-electron chi connectivity index (χ0n) is 17.5. The number of Topliss-reactive ketones (excluding diaryl/α,β-unsaturated/α-hetero) is 1. The normalized spacial score (nSPS) is 14.6. The number of carbonyl (C=O) groups is 1. The average Bonchev–Trinajstić information content (AvgIpc) is 3.22. The van der Waals surface area contributed by atoms with E-state index in [1.54, 1.807) is 7.11 Å². The molecule has 1 heterocycles. The fourth-order valence-corrected chi connectivity index (χ4v) is 4.83. The first kappa shape index (κ1) is 20.7. The number of ketones is 1. The first-order valence-corrected chi connectivity index (χ1v) is 11.5. The van der Waals surface area contributed by atoms with Crippen LogP contribution >= 0.6 is 11.8 Å². The zero-order chi connectivity index (χ0) is 20.9. The molecule has 30 heavy (non-hydrogen) atoms. The minimum absolute atomic E-state index is 0.115. The maximum Gasteiger partial charge on any atom is 0.192 e. The van der Waals surface area contributed by atoms with Crippen molar-refractivity contribution in [1.29, 1.82) is 0 Å². The molecule has 1 saturated carbocycles. The number of hydrogen-bond donors (Lipinski definition) is 0. The van der Waals surface area contributed by atoms with Gasteiger partial charge in [0.2, 0.25) is 0 Å². The Morgan fingerprint density at radius 3 is 2.40 bits per heavy atom. The smallest absolute Gasteiger partial charge is 0.192 e. The van der Waals surface area contributed by atoms with Gasteiger partial charge in [-0.3, -0.25) is 9.36 Å². The van der Waals surface area contributed by atoms with Gasteiger partial charge in [0, 0.05) is 17.2 Å². The van der Waals surface area contributed by atoms with Crippen LogP contribution in [0, 0.1) is 6.92 Å². The summed E-state index contributed by atoms with van der Waals surface area (Å²) in [6.45, 7) is 2.02. The van der Waals surface area contributed by atoms with Crippen LogP contribution in [0.15, 0.2) is 53.7 Å². The fraction of sp³-hybridized carbons (Fsp3) is 0.375. The molecule has 5 nitrogen and oxygen atoms in total. The van der Waals surface area contributed by atoms with Crippen LogP contribution in [0.4, 0.5) is 0 Å². The molecule has 4 rings (SSSR count). The standard InChI is InChI=1S/C24H27N3O2S/c1-17-8-10-18(11-9-17)22(28)16-30-24-26-25-23(19-12-14-21(29-2)15-13-19)27(24)20-6-4-3-5-7-20/h8-15,20H,3-7,16H2,1-2H3. The number of aryl methyl sites for hydroxylation is 1. The lowest BCUT2D eigenvalue weighted by Crippen LogP contribution is -2.15. The van der Waals surface area contributed by atoms with Crippen molar-refractivity contribution < 1.29 is 9.53 Å². The van der Waals surface area contributed by atoms with E-state index in [2.05, 4.69) is 14.8 Å². The van der Waals surface area contributed by atoms with Gasteiger partial charge in [-0.25, -0.2) is 0 Å². The topological polar surface area (TPSA) is 57.0 Å². The number of rotatable bonds is 7. The zero-order valence-corrected chi connectivity index (χ0v) is 18.3. The van der Waals surface area contributed by atoms with Gasteiger partial charge in [-0.15, -0.1) is 10.2 Å². The summed E-state index contributed by atoms with van der Waals surface area (Å²) in [5, 5.41) is 9.83. The van der Waals surface area contributed by atoms with E-state index in [1.165, 1.54) is 31.0 Å². The van der Waals surface area contributed by atoms with E-state index in [0.717, 1.165) is 46.3 Å². The second kappa shape index (κ2) is 9.47. The van der Waals surface area contributed by atoms with Gasteiger partial charge in [0.1, 0.15) is 5.75 Å². The number of aromatic nitrogens is 3. The highest BCUT2D eigenvalue weighted by molar-refractivity contribution is 7.99. The van der Waals surface area contributed by atoms with Crippen LogP contribution < -0.4 is 4.74 Å². The Labute approximate surface area is 181 Å². The molecule has 0 radical (unpaired) electrons. The first-order valence-electron chi connectivity index (χ1n) is 10.5. The van der Waals surface area contributed by atoms with Crippen LogP contribution in [0.3, 0.4) is 0 Å². The lowest BCUT2D eigenvalue weighted by Gasteiger charge is -2.25. The third-order valence-electron chi connectivity index (χ3n) is 5.66. The minimum Gasteiger partial charge on any atom is -0.497 e. The molecule has 0 aliphatic heterocycles. The predicted molar refractivity (Wildman–Crippen MR) is 120 cm³/mol. The van der Waals surface area contributed by atoms with Crippen molar-refractivity contribution in [1.82, 2.24) is 14.8 Å². The fourth-order valence-electron chi connectivity index (χ4n) is 3.93. The molecule has 1 aromatic heterocycles. The second-order valence-corrected chi connectivity index (χ2v) is 8.72. The molecular formula is C24H27N3O2S. The number of ether oxygens (including phenoxy) is 1. The molecule has 156 valence electrons. The summed E-state index contributed by atoms with van der Waals surface area (Å²) >= 11 is 1.49. The summed E-state index contributed by atoms with van der Waals surface area (Å²) in [4.78, 5) is 12.7. The largest absolute Gasteiger partial charge is 0.497 e. The maximum atomic E-state index is 12.7. The van der Waals surface area contributed by atoms with E-state index in [1.807, 2.05) is 55.5 Å². The summed E-state index contributed by atoms with van der Waals surface area (Å²) < 4.78 is 7.54. The lowest BCUT2D eigenvalue weighted by molar-refractivity contribution is 0.102.